The van der Waals surface area contributed by atoms with E-state index < -0.39 is 32.9 Å². The molecule has 0 bridgehead atoms. The van der Waals surface area contributed by atoms with Crippen molar-refractivity contribution in [2.45, 2.75) is 50.7 Å². The van der Waals surface area contributed by atoms with Crippen LogP contribution in [0.1, 0.15) is 50.1 Å². The second kappa shape index (κ2) is 8.01. The summed E-state index contributed by atoms with van der Waals surface area (Å²) in [7, 11) is -4.05. The van der Waals surface area contributed by atoms with E-state index in [2.05, 4.69) is 0 Å². The van der Waals surface area contributed by atoms with Crippen molar-refractivity contribution in [1.29, 1.82) is 0 Å². The zero-order valence-electron chi connectivity index (χ0n) is 14.5. The lowest BCUT2D eigenvalue weighted by Crippen LogP contribution is -2.48. The van der Waals surface area contributed by atoms with Crippen LogP contribution < -0.4 is 0 Å². The molecule has 25 heavy (non-hydrogen) atoms. The number of furan rings is 1. The first-order valence-electron chi connectivity index (χ1n) is 8.46. The minimum atomic E-state index is -4.05. The Labute approximate surface area is 147 Å². The number of rotatable bonds is 8. The molecule has 2 rings (SSSR count). The molecule has 2 heterocycles. The Hall–Kier alpha value is -1.87. The molecule has 0 aromatic carbocycles. The predicted octanol–water partition coefficient (Wildman–Crippen LogP) is 1.78. The molecule has 1 aromatic heterocycles. The standard InChI is InChI=1S/C16H24N2O6S/c1-3-9-17(10-4-2)15(19)12-6-5-11-18(12)25(22,23)14-8-7-13(24-14)16(20)21/h7-8,12H,3-6,9-11H2,1-2H3,(H,20,21). The summed E-state index contributed by atoms with van der Waals surface area (Å²) >= 11 is 0. The molecule has 1 saturated heterocycles. The highest BCUT2D eigenvalue weighted by atomic mass is 32.2. The highest BCUT2D eigenvalue weighted by Gasteiger charge is 2.42. The van der Waals surface area contributed by atoms with Gasteiger partial charge in [-0.2, -0.15) is 4.31 Å². The Balaban J connectivity index is 2.26. The third-order valence-electron chi connectivity index (χ3n) is 4.14. The van der Waals surface area contributed by atoms with E-state index in [-0.39, 0.29) is 12.5 Å². The number of nitrogens with zero attached hydrogens (tertiary/aromatic N) is 2. The fraction of sp³-hybridized carbons (Fsp3) is 0.625. The van der Waals surface area contributed by atoms with Crippen LogP contribution in [0.4, 0.5) is 0 Å². The number of carbonyl (C=O) groups is 2. The van der Waals surface area contributed by atoms with Crippen molar-refractivity contribution in [3.05, 3.63) is 17.9 Å². The van der Waals surface area contributed by atoms with Crippen LogP contribution in [0.5, 0.6) is 0 Å². The fourth-order valence-electron chi connectivity index (χ4n) is 3.05. The van der Waals surface area contributed by atoms with Gasteiger partial charge in [0.05, 0.1) is 0 Å². The first kappa shape index (κ1) is 19.5. The van der Waals surface area contributed by atoms with Crippen molar-refractivity contribution in [2.24, 2.45) is 0 Å². The zero-order valence-corrected chi connectivity index (χ0v) is 15.3. The van der Waals surface area contributed by atoms with Gasteiger partial charge in [0.2, 0.25) is 16.8 Å². The zero-order chi connectivity index (χ0) is 18.6. The topological polar surface area (TPSA) is 108 Å². The number of aromatic carboxylic acids is 1. The van der Waals surface area contributed by atoms with Gasteiger partial charge in [-0.25, -0.2) is 13.2 Å². The van der Waals surface area contributed by atoms with E-state index in [0.29, 0.717) is 25.9 Å². The molecule has 9 heteroatoms. The van der Waals surface area contributed by atoms with E-state index in [1.54, 1.807) is 4.90 Å². The van der Waals surface area contributed by atoms with Gasteiger partial charge in [-0.3, -0.25) is 4.79 Å². The van der Waals surface area contributed by atoms with Gasteiger partial charge in [0.15, 0.2) is 0 Å². The number of carboxylic acids is 1. The van der Waals surface area contributed by atoms with Crippen LogP contribution in [0, 0.1) is 0 Å². The molecule has 1 unspecified atom stereocenters. The highest BCUT2D eigenvalue weighted by molar-refractivity contribution is 7.89. The van der Waals surface area contributed by atoms with Crippen LogP contribution in [0.25, 0.3) is 0 Å². The minimum absolute atomic E-state index is 0.199. The van der Waals surface area contributed by atoms with Gasteiger partial charge in [-0.1, -0.05) is 13.8 Å². The van der Waals surface area contributed by atoms with Crippen molar-refractivity contribution >= 4 is 21.9 Å². The van der Waals surface area contributed by atoms with E-state index in [4.69, 9.17) is 9.52 Å². The summed E-state index contributed by atoms with van der Waals surface area (Å²) < 4.78 is 31.7. The van der Waals surface area contributed by atoms with E-state index in [1.807, 2.05) is 13.8 Å². The van der Waals surface area contributed by atoms with Crippen LogP contribution in [0.2, 0.25) is 0 Å². The third kappa shape index (κ3) is 4.04. The van der Waals surface area contributed by atoms with Gasteiger partial charge in [0.25, 0.3) is 10.0 Å². The van der Waals surface area contributed by atoms with Crippen LogP contribution in [0.15, 0.2) is 21.6 Å². The van der Waals surface area contributed by atoms with Crippen LogP contribution in [-0.2, 0) is 14.8 Å². The first-order valence-corrected chi connectivity index (χ1v) is 9.90. The number of carboxylic acid groups (broad SMARTS) is 1. The van der Waals surface area contributed by atoms with Gasteiger partial charge in [-0.05, 0) is 37.8 Å². The summed E-state index contributed by atoms with van der Waals surface area (Å²) in [6.45, 7) is 5.32. The van der Waals surface area contributed by atoms with E-state index in [9.17, 15) is 18.0 Å². The maximum Gasteiger partial charge on any atom is 0.371 e. The Morgan fingerprint density at radius 3 is 2.44 bits per heavy atom. The smallest absolute Gasteiger partial charge is 0.371 e. The van der Waals surface area contributed by atoms with E-state index in [0.717, 1.165) is 29.3 Å². The Morgan fingerprint density at radius 1 is 1.28 bits per heavy atom. The molecule has 1 aliphatic heterocycles. The second-order valence-electron chi connectivity index (χ2n) is 6.02. The van der Waals surface area contributed by atoms with Crippen molar-refractivity contribution in [2.75, 3.05) is 19.6 Å². The highest BCUT2D eigenvalue weighted by Crippen LogP contribution is 2.28. The lowest BCUT2D eigenvalue weighted by atomic mass is 10.2. The lowest BCUT2D eigenvalue weighted by molar-refractivity contribution is -0.134. The number of hydrogen-bond donors (Lipinski definition) is 1. The summed E-state index contributed by atoms with van der Waals surface area (Å²) in [5, 5.41) is 8.45. The number of hydrogen-bond acceptors (Lipinski definition) is 5. The largest absolute Gasteiger partial charge is 0.475 e. The predicted molar refractivity (Wildman–Crippen MR) is 89.7 cm³/mol. The SMILES string of the molecule is CCCN(CCC)C(=O)C1CCCN1S(=O)(=O)c1ccc(C(=O)O)o1. The molecule has 1 fully saturated rings. The summed E-state index contributed by atoms with van der Waals surface area (Å²) in [6, 6.07) is 1.46. The number of carbonyl (C=O) groups excluding carboxylic acids is 1. The summed E-state index contributed by atoms with van der Waals surface area (Å²) in [5.74, 6) is -1.98. The molecule has 0 spiro atoms. The van der Waals surface area contributed by atoms with Crippen molar-refractivity contribution in [3.8, 4) is 0 Å². The summed E-state index contributed by atoms with van der Waals surface area (Å²) in [5.41, 5.74) is 0. The van der Waals surface area contributed by atoms with Crippen LogP contribution in [-0.4, -0.2) is 60.3 Å². The van der Waals surface area contributed by atoms with E-state index in [1.165, 1.54) is 0 Å². The molecule has 1 N–H and O–H groups in total. The van der Waals surface area contributed by atoms with Crippen molar-refractivity contribution in [1.82, 2.24) is 9.21 Å². The molecule has 1 amide bonds. The molecule has 0 radical (unpaired) electrons. The Kier molecular flexibility index (Phi) is 6.23. The summed E-state index contributed by atoms with van der Waals surface area (Å²) in [6.07, 6.45) is 2.62. The molecule has 8 nitrogen and oxygen atoms in total. The Morgan fingerprint density at radius 2 is 1.92 bits per heavy atom. The second-order valence-corrected chi connectivity index (χ2v) is 7.84. The lowest BCUT2D eigenvalue weighted by Gasteiger charge is -2.29. The monoisotopic (exact) mass is 372 g/mol. The average molecular weight is 372 g/mol. The van der Waals surface area contributed by atoms with Gasteiger partial charge in [-0.15, -0.1) is 0 Å². The maximum atomic E-state index is 12.8. The summed E-state index contributed by atoms with van der Waals surface area (Å²) in [4.78, 5) is 25.4. The fourth-order valence-corrected chi connectivity index (χ4v) is 4.61. The molecule has 0 saturated carbocycles. The van der Waals surface area contributed by atoms with Crippen molar-refractivity contribution in [3.63, 3.8) is 0 Å². The molecule has 0 aliphatic carbocycles. The van der Waals surface area contributed by atoms with Crippen molar-refractivity contribution < 1.29 is 27.5 Å². The molecule has 1 aromatic rings. The van der Waals surface area contributed by atoms with Gasteiger partial charge in [0, 0.05) is 19.6 Å². The van der Waals surface area contributed by atoms with E-state index >= 15 is 0 Å². The number of sulfonamides is 1. The quantitative estimate of drug-likeness (QED) is 0.745. The molecular formula is C16H24N2O6S. The molecule has 1 aliphatic rings. The normalized spacial score (nSPS) is 18.4. The van der Waals surface area contributed by atoms with Gasteiger partial charge in [0.1, 0.15) is 6.04 Å². The number of amides is 1. The molecule has 140 valence electrons. The first-order chi connectivity index (χ1) is 11.8. The Bertz CT molecular complexity index is 721. The van der Waals surface area contributed by atoms with Crippen LogP contribution in [0.3, 0.4) is 0 Å². The minimum Gasteiger partial charge on any atom is -0.475 e. The maximum absolute atomic E-state index is 12.8. The van der Waals surface area contributed by atoms with Crippen LogP contribution >= 0.6 is 0 Å². The van der Waals surface area contributed by atoms with Gasteiger partial charge >= 0.3 is 5.97 Å². The molecule has 1 atom stereocenters. The molecular weight excluding hydrogens is 348 g/mol. The average Bonchev–Trinajstić information content (AvgIpc) is 3.23. The van der Waals surface area contributed by atoms with Gasteiger partial charge < -0.3 is 14.4 Å². The third-order valence-corrected chi connectivity index (χ3v) is 5.92.